The van der Waals surface area contributed by atoms with Gasteiger partial charge in [0, 0.05) is 23.3 Å². The van der Waals surface area contributed by atoms with Crippen LogP contribution in [0.4, 0.5) is 0 Å². The molecule has 2 aliphatic carbocycles. The molecule has 20 heavy (non-hydrogen) atoms. The molecular weight excluding hydrogens is 290 g/mol. The second kappa shape index (κ2) is 7.50. The third-order valence-corrected chi connectivity index (χ3v) is 8.11. The molecule has 2 saturated carbocycles. The Morgan fingerprint density at radius 1 is 1.10 bits per heavy atom. The second-order valence-electron chi connectivity index (χ2n) is 6.64. The van der Waals surface area contributed by atoms with Crippen molar-refractivity contribution < 1.29 is 8.42 Å². The Hall–Kier alpha value is 0.260. The van der Waals surface area contributed by atoms with Gasteiger partial charge < -0.3 is 5.73 Å². The van der Waals surface area contributed by atoms with Gasteiger partial charge in [0.1, 0.15) is 9.84 Å². The maximum Gasteiger partial charge on any atom is 0.150 e. The van der Waals surface area contributed by atoms with Gasteiger partial charge in [-0.25, -0.2) is 8.42 Å². The predicted octanol–water partition coefficient (Wildman–Crippen LogP) is 2.98. The third-order valence-electron chi connectivity index (χ3n) is 4.95. The van der Waals surface area contributed by atoms with Gasteiger partial charge in [0.25, 0.3) is 0 Å². The van der Waals surface area contributed by atoms with E-state index in [1.54, 1.807) is 0 Å². The van der Waals surface area contributed by atoms with Gasteiger partial charge in [-0.05, 0) is 38.0 Å². The molecule has 3 nitrogen and oxygen atoms in total. The molecule has 0 heterocycles. The molecule has 0 aromatic rings. The molecule has 2 aliphatic rings. The molecule has 0 aromatic carbocycles. The van der Waals surface area contributed by atoms with Crippen LogP contribution in [0.1, 0.15) is 57.8 Å². The van der Waals surface area contributed by atoms with Crippen molar-refractivity contribution in [2.75, 3.05) is 12.0 Å². The van der Waals surface area contributed by atoms with Gasteiger partial charge in [-0.3, -0.25) is 0 Å². The molecular formula is C15H29NO2S2. The summed E-state index contributed by atoms with van der Waals surface area (Å²) >= 11 is 2.03. The first-order chi connectivity index (χ1) is 9.47. The first kappa shape index (κ1) is 16.6. The van der Waals surface area contributed by atoms with Gasteiger partial charge in [-0.2, -0.15) is 11.8 Å². The van der Waals surface area contributed by atoms with E-state index in [0.29, 0.717) is 5.92 Å². The number of hydrogen-bond donors (Lipinski definition) is 1. The maximum absolute atomic E-state index is 11.7. The molecule has 0 aromatic heterocycles. The zero-order chi connectivity index (χ0) is 14.6. The molecule has 0 bridgehead atoms. The van der Waals surface area contributed by atoms with Crippen molar-refractivity contribution >= 4 is 21.6 Å². The van der Waals surface area contributed by atoms with Crippen molar-refractivity contribution in [1.29, 1.82) is 0 Å². The average Bonchev–Trinajstić information content (AvgIpc) is 2.45. The Morgan fingerprint density at radius 3 is 2.45 bits per heavy atom. The number of thioether (sulfide) groups is 1. The van der Waals surface area contributed by atoms with Gasteiger partial charge in [-0.15, -0.1) is 0 Å². The summed E-state index contributed by atoms with van der Waals surface area (Å²) in [4.78, 5) is 0. The highest BCUT2D eigenvalue weighted by molar-refractivity contribution is 7.99. The molecule has 2 rings (SSSR count). The van der Waals surface area contributed by atoms with Crippen molar-refractivity contribution in [3.8, 4) is 0 Å². The summed E-state index contributed by atoms with van der Waals surface area (Å²) < 4.78 is 23.4. The van der Waals surface area contributed by atoms with Crippen LogP contribution in [0.5, 0.6) is 0 Å². The lowest BCUT2D eigenvalue weighted by Crippen LogP contribution is -2.39. The predicted molar refractivity (Wildman–Crippen MR) is 87.9 cm³/mol. The first-order valence-corrected chi connectivity index (χ1v) is 11.0. The molecule has 0 amide bonds. The Bertz CT molecular complexity index is 391. The number of hydrogen-bond acceptors (Lipinski definition) is 4. The highest BCUT2D eigenvalue weighted by atomic mass is 32.2. The van der Waals surface area contributed by atoms with E-state index in [1.807, 2.05) is 11.8 Å². The molecule has 0 spiro atoms. The van der Waals surface area contributed by atoms with Gasteiger partial charge >= 0.3 is 0 Å². The molecule has 0 saturated heterocycles. The van der Waals surface area contributed by atoms with Crippen molar-refractivity contribution in [1.82, 2.24) is 0 Å². The standard InChI is InChI=1S/C15H29NO2S2/c1-20(17,18)14-9-5-6-12(10-14)15(16)11-19-13-7-3-2-4-8-13/h12-15H,2-11,16H2,1H3. The van der Waals surface area contributed by atoms with E-state index < -0.39 is 9.84 Å². The molecule has 118 valence electrons. The van der Waals surface area contributed by atoms with Crippen molar-refractivity contribution in [3.63, 3.8) is 0 Å². The second-order valence-corrected chi connectivity index (χ2v) is 10.3. The summed E-state index contributed by atoms with van der Waals surface area (Å²) in [6.45, 7) is 0. The summed E-state index contributed by atoms with van der Waals surface area (Å²) in [7, 11) is -2.89. The molecule has 0 radical (unpaired) electrons. The smallest absolute Gasteiger partial charge is 0.150 e. The van der Waals surface area contributed by atoms with Crippen LogP contribution >= 0.6 is 11.8 Å². The largest absolute Gasteiger partial charge is 0.327 e. The minimum absolute atomic E-state index is 0.146. The lowest BCUT2D eigenvalue weighted by atomic mass is 9.84. The monoisotopic (exact) mass is 319 g/mol. The van der Waals surface area contributed by atoms with E-state index in [1.165, 1.54) is 38.4 Å². The van der Waals surface area contributed by atoms with Crippen LogP contribution in [0.3, 0.4) is 0 Å². The summed E-state index contributed by atoms with van der Waals surface area (Å²) in [6, 6.07) is 0.173. The zero-order valence-electron chi connectivity index (χ0n) is 12.6. The number of nitrogens with two attached hydrogens (primary N) is 1. The average molecular weight is 320 g/mol. The Balaban J connectivity index is 1.78. The SMILES string of the molecule is CS(=O)(=O)C1CCCC(C(N)CSC2CCCCC2)C1. The lowest BCUT2D eigenvalue weighted by Gasteiger charge is -2.32. The third kappa shape index (κ3) is 4.92. The fourth-order valence-electron chi connectivity index (χ4n) is 3.57. The van der Waals surface area contributed by atoms with E-state index in [-0.39, 0.29) is 11.3 Å². The van der Waals surface area contributed by atoms with Crippen LogP contribution < -0.4 is 5.73 Å². The van der Waals surface area contributed by atoms with Crippen LogP contribution in [0, 0.1) is 5.92 Å². The van der Waals surface area contributed by atoms with Crippen molar-refractivity contribution in [2.45, 2.75) is 74.3 Å². The zero-order valence-corrected chi connectivity index (χ0v) is 14.2. The van der Waals surface area contributed by atoms with Crippen LogP contribution in [-0.4, -0.2) is 37.0 Å². The summed E-state index contributed by atoms with van der Waals surface area (Å²) in [5.74, 6) is 1.41. The van der Waals surface area contributed by atoms with E-state index in [9.17, 15) is 8.42 Å². The molecule has 0 aliphatic heterocycles. The fourth-order valence-corrected chi connectivity index (χ4v) is 6.20. The van der Waals surface area contributed by atoms with Crippen LogP contribution in [0.25, 0.3) is 0 Å². The van der Waals surface area contributed by atoms with Crippen molar-refractivity contribution in [2.24, 2.45) is 11.7 Å². The Kier molecular flexibility index (Phi) is 6.24. The van der Waals surface area contributed by atoms with E-state index in [0.717, 1.165) is 36.7 Å². The Labute approximate surface area is 128 Å². The van der Waals surface area contributed by atoms with E-state index in [2.05, 4.69) is 0 Å². The van der Waals surface area contributed by atoms with E-state index in [4.69, 9.17) is 5.73 Å². The highest BCUT2D eigenvalue weighted by Crippen LogP contribution is 2.33. The van der Waals surface area contributed by atoms with Crippen LogP contribution in [-0.2, 0) is 9.84 Å². The maximum atomic E-state index is 11.7. The highest BCUT2D eigenvalue weighted by Gasteiger charge is 2.32. The van der Waals surface area contributed by atoms with Crippen LogP contribution in [0.15, 0.2) is 0 Å². The molecule has 2 N–H and O–H groups in total. The minimum Gasteiger partial charge on any atom is -0.327 e. The lowest BCUT2D eigenvalue weighted by molar-refractivity contribution is 0.319. The van der Waals surface area contributed by atoms with Gasteiger partial charge in [0.05, 0.1) is 5.25 Å². The van der Waals surface area contributed by atoms with Gasteiger partial charge in [0.2, 0.25) is 0 Å². The molecule has 3 unspecified atom stereocenters. The topological polar surface area (TPSA) is 60.2 Å². The number of rotatable bonds is 5. The molecule has 3 atom stereocenters. The first-order valence-electron chi connectivity index (χ1n) is 8.03. The Morgan fingerprint density at radius 2 is 1.80 bits per heavy atom. The quantitative estimate of drug-likeness (QED) is 0.846. The van der Waals surface area contributed by atoms with Crippen molar-refractivity contribution in [3.05, 3.63) is 0 Å². The molecule has 2 fully saturated rings. The molecule has 5 heteroatoms. The summed E-state index contributed by atoms with van der Waals surface area (Å²) in [5.41, 5.74) is 6.36. The fraction of sp³-hybridized carbons (Fsp3) is 1.00. The summed E-state index contributed by atoms with van der Waals surface area (Å²) in [5, 5.41) is 0.649. The number of sulfone groups is 1. The normalized spacial score (nSPS) is 31.1. The minimum atomic E-state index is -2.89. The van der Waals surface area contributed by atoms with Crippen LogP contribution in [0.2, 0.25) is 0 Å². The van der Waals surface area contributed by atoms with Gasteiger partial charge in [0.15, 0.2) is 0 Å². The van der Waals surface area contributed by atoms with E-state index >= 15 is 0 Å². The summed E-state index contributed by atoms with van der Waals surface area (Å²) in [6.07, 6.45) is 11.9. The van der Waals surface area contributed by atoms with Gasteiger partial charge in [-0.1, -0.05) is 25.7 Å².